The van der Waals surface area contributed by atoms with E-state index in [0.29, 0.717) is 48.4 Å². The maximum absolute atomic E-state index is 15.1. The van der Waals surface area contributed by atoms with Gasteiger partial charge in [-0.3, -0.25) is 20.4 Å². The molecule has 12 nitrogen and oxygen atoms in total. The van der Waals surface area contributed by atoms with Crippen LogP contribution in [0.2, 0.25) is 0 Å². The number of nitrogens with two attached hydrogens (primary N) is 1. The van der Waals surface area contributed by atoms with Gasteiger partial charge in [0.2, 0.25) is 18.1 Å². The molecule has 0 spiro atoms. The van der Waals surface area contributed by atoms with Crippen LogP contribution in [0.3, 0.4) is 0 Å². The highest BCUT2D eigenvalue weighted by atomic mass is 32.1. The number of nitrogens with one attached hydrogen (secondary N) is 3. The van der Waals surface area contributed by atoms with E-state index in [9.17, 15) is 9.59 Å². The van der Waals surface area contributed by atoms with Crippen LogP contribution in [0, 0.1) is 24.6 Å². The number of nitrogen functional groups attached to an aromatic ring is 1. The number of aryl methyl sites for hydroxylation is 1. The summed E-state index contributed by atoms with van der Waals surface area (Å²) in [6, 6.07) is 0. The molecule has 38 heavy (non-hydrogen) atoms. The molecule has 208 valence electrons. The van der Waals surface area contributed by atoms with E-state index in [1.54, 1.807) is 12.3 Å². The summed E-state index contributed by atoms with van der Waals surface area (Å²) in [6.45, 7) is 2.48. The highest BCUT2D eigenvalue weighted by Crippen LogP contribution is 2.31. The quantitative estimate of drug-likeness (QED) is 0.216. The largest absolute Gasteiger partial charge is 0.375 e. The van der Waals surface area contributed by atoms with Crippen LogP contribution in [0.25, 0.3) is 0 Å². The van der Waals surface area contributed by atoms with Crippen LogP contribution in [-0.2, 0) is 25.7 Å². The topological polar surface area (TPSA) is 157 Å². The SMILES string of the molecule is Cc1nc(NCc2csc(N)n2)c(F)c(NNC(=O)[C@@H](CC2CCCC2)CN(C=O)OC2CCCCO2)n1. The van der Waals surface area contributed by atoms with Gasteiger partial charge in [0.15, 0.2) is 23.1 Å². The summed E-state index contributed by atoms with van der Waals surface area (Å²) in [5.74, 6) is -1.24. The van der Waals surface area contributed by atoms with Crippen LogP contribution in [-0.4, -0.2) is 51.8 Å². The Labute approximate surface area is 224 Å². The average molecular weight is 551 g/mol. The molecule has 1 saturated heterocycles. The molecule has 2 aromatic heterocycles. The summed E-state index contributed by atoms with van der Waals surface area (Å²) in [7, 11) is 0. The highest BCUT2D eigenvalue weighted by Gasteiger charge is 2.29. The predicted molar refractivity (Wildman–Crippen MR) is 140 cm³/mol. The molecule has 2 amide bonds. The Morgan fingerprint density at radius 2 is 2.03 bits per heavy atom. The first-order valence-corrected chi connectivity index (χ1v) is 13.8. The van der Waals surface area contributed by atoms with Gasteiger partial charge in [-0.15, -0.1) is 11.3 Å². The van der Waals surface area contributed by atoms with Crippen molar-refractivity contribution < 1.29 is 23.6 Å². The molecule has 2 atom stereocenters. The number of anilines is 3. The molecule has 1 unspecified atom stereocenters. The monoisotopic (exact) mass is 550 g/mol. The van der Waals surface area contributed by atoms with Crippen LogP contribution in [0.1, 0.15) is 62.9 Å². The molecular weight excluding hydrogens is 515 g/mol. The number of hydrogen-bond donors (Lipinski definition) is 4. The molecule has 1 aliphatic carbocycles. The zero-order valence-electron chi connectivity index (χ0n) is 21.5. The van der Waals surface area contributed by atoms with Crippen molar-refractivity contribution >= 4 is 40.4 Å². The number of carbonyl (C=O) groups is 2. The molecule has 14 heteroatoms. The molecule has 1 saturated carbocycles. The van der Waals surface area contributed by atoms with Crippen LogP contribution in [0.15, 0.2) is 5.38 Å². The van der Waals surface area contributed by atoms with Gasteiger partial charge in [-0.2, -0.15) is 4.39 Å². The predicted octanol–water partition coefficient (Wildman–Crippen LogP) is 3.13. The first-order chi connectivity index (χ1) is 18.4. The minimum Gasteiger partial charge on any atom is -0.375 e. The van der Waals surface area contributed by atoms with Gasteiger partial charge >= 0.3 is 0 Å². The zero-order valence-corrected chi connectivity index (χ0v) is 22.3. The van der Waals surface area contributed by atoms with Gasteiger partial charge in [-0.25, -0.2) is 24.9 Å². The van der Waals surface area contributed by atoms with Gasteiger partial charge in [0.25, 0.3) is 0 Å². The van der Waals surface area contributed by atoms with Crippen LogP contribution in [0.5, 0.6) is 0 Å². The molecular formula is C24H35FN8O4S. The third kappa shape index (κ3) is 7.95. The lowest BCUT2D eigenvalue weighted by atomic mass is 9.92. The number of hydrazine groups is 1. The molecule has 5 N–H and O–H groups in total. The fraction of sp³-hybridized carbons (Fsp3) is 0.625. The van der Waals surface area contributed by atoms with Crippen molar-refractivity contribution in [3.63, 3.8) is 0 Å². The number of ether oxygens (including phenoxy) is 1. The van der Waals surface area contributed by atoms with Crippen molar-refractivity contribution in [3.8, 4) is 0 Å². The van der Waals surface area contributed by atoms with Gasteiger partial charge in [-0.05, 0) is 32.1 Å². The number of hydroxylamine groups is 2. The Hall–Kier alpha value is -3.10. The Kier molecular flexibility index (Phi) is 10.0. The zero-order chi connectivity index (χ0) is 26.9. The van der Waals surface area contributed by atoms with Crippen molar-refractivity contribution in [2.75, 3.05) is 29.6 Å². The number of nitrogens with zero attached hydrogens (tertiary/aromatic N) is 4. The summed E-state index contributed by atoms with van der Waals surface area (Å²) in [6.07, 6.45) is 7.54. The fourth-order valence-electron chi connectivity index (χ4n) is 4.75. The van der Waals surface area contributed by atoms with Crippen molar-refractivity contribution in [3.05, 3.63) is 22.7 Å². The Morgan fingerprint density at radius 1 is 1.26 bits per heavy atom. The Balaban J connectivity index is 1.39. The normalized spacial score (nSPS) is 18.6. The number of amides is 2. The maximum atomic E-state index is 15.1. The fourth-order valence-corrected chi connectivity index (χ4v) is 5.31. The highest BCUT2D eigenvalue weighted by molar-refractivity contribution is 7.13. The van der Waals surface area contributed by atoms with Gasteiger partial charge < -0.3 is 15.8 Å². The second-order valence-corrected chi connectivity index (χ2v) is 10.5. The maximum Gasteiger partial charge on any atom is 0.243 e. The van der Waals surface area contributed by atoms with E-state index in [-0.39, 0.29) is 30.6 Å². The lowest BCUT2D eigenvalue weighted by Gasteiger charge is -2.29. The number of aromatic nitrogens is 3. The second kappa shape index (κ2) is 13.6. The molecule has 4 rings (SSSR count). The molecule has 0 bridgehead atoms. The Morgan fingerprint density at radius 3 is 2.71 bits per heavy atom. The number of halogens is 1. The summed E-state index contributed by atoms with van der Waals surface area (Å²) < 4.78 is 20.7. The van der Waals surface area contributed by atoms with E-state index in [2.05, 4.69) is 31.1 Å². The standard InChI is InChI=1S/C24H35FN8O4S/c1-15-28-21(27-11-18-13-38-24(26)30-18)20(25)22(29-15)31-32-23(35)17(10-16-6-2-3-7-16)12-33(14-34)37-19-8-4-5-9-36-19/h13-14,16-17,19H,2-12H2,1H3,(H2,26,30)(H,32,35)(H2,27,28,29,31)/t17-,19?/m0/s1. The van der Waals surface area contributed by atoms with Gasteiger partial charge in [-0.1, -0.05) is 25.7 Å². The van der Waals surface area contributed by atoms with E-state index in [0.717, 1.165) is 43.6 Å². The van der Waals surface area contributed by atoms with Crippen LogP contribution >= 0.6 is 11.3 Å². The van der Waals surface area contributed by atoms with E-state index in [1.165, 1.54) is 11.3 Å². The molecule has 3 heterocycles. The van der Waals surface area contributed by atoms with E-state index in [1.807, 2.05) is 0 Å². The number of thiazole rings is 1. The van der Waals surface area contributed by atoms with Crippen LogP contribution in [0.4, 0.5) is 21.2 Å². The summed E-state index contributed by atoms with van der Waals surface area (Å²) in [5.41, 5.74) is 11.5. The molecule has 2 aliphatic rings. The minimum absolute atomic E-state index is 0.0312. The summed E-state index contributed by atoms with van der Waals surface area (Å²) in [4.78, 5) is 43.0. The summed E-state index contributed by atoms with van der Waals surface area (Å²) in [5, 5.41) is 6.22. The Bertz CT molecular complexity index is 1080. The first kappa shape index (κ1) is 27.9. The van der Waals surface area contributed by atoms with Crippen LogP contribution < -0.4 is 21.9 Å². The van der Waals surface area contributed by atoms with Crippen molar-refractivity contribution in [1.82, 2.24) is 25.4 Å². The van der Waals surface area contributed by atoms with E-state index < -0.39 is 18.0 Å². The molecule has 2 aromatic rings. The van der Waals surface area contributed by atoms with Gasteiger partial charge in [0.1, 0.15) is 5.82 Å². The number of rotatable bonds is 13. The van der Waals surface area contributed by atoms with Crippen molar-refractivity contribution in [2.24, 2.45) is 11.8 Å². The van der Waals surface area contributed by atoms with E-state index in [4.69, 9.17) is 15.3 Å². The molecule has 2 fully saturated rings. The van der Waals surface area contributed by atoms with Crippen molar-refractivity contribution in [2.45, 2.75) is 71.1 Å². The second-order valence-electron chi connectivity index (χ2n) is 9.62. The average Bonchev–Trinajstić information content (AvgIpc) is 3.59. The molecule has 1 aliphatic heterocycles. The lowest BCUT2D eigenvalue weighted by Crippen LogP contribution is -2.43. The third-order valence-corrected chi connectivity index (χ3v) is 7.37. The minimum atomic E-state index is -0.751. The smallest absolute Gasteiger partial charge is 0.243 e. The molecule has 0 radical (unpaired) electrons. The third-order valence-electron chi connectivity index (χ3n) is 6.65. The first-order valence-electron chi connectivity index (χ1n) is 12.9. The molecule has 0 aromatic carbocycles. The summed E-state index contributed by atoms with van der Waals surface area (Å²) >= 11 is 1.29. The van der Waals surface area contributed by atoms with Gasteiger partial charge in [0.05, 0.1) is 24.7 Å². The number of hydrogen-bond acceptors (Lipinski definition) is 11. The lowest BCUT2D eigenvalue weighted by molar-refractivity contribution is -0.276. The van der Waals surface area contributed by atoms with Crippen molar-refractivity contribution in [1.29, 1.82) is 0 Å². The van der Waals surface area contributed by atoms with E-state index >= 15 is 4.39 Å². The van der Waals surface area contributed by atoms with Gasteiger partial charge in [0, 0.05) is 18.4 Å². The number of carbonyl (C=O) groups excluding carboxylic acids is 2.